The van der Waals surface area contributed by atoms with E-state index in [9.17, 15) is 8.78 Å². The Morgan fingerprint density at radius 2 is 2.20 bits per heavy atom. The van der Waals surface area contributed by atoms with Crippen LogP contribution in [0.5, 0.6) is 0 Å². The maximum Gasteiger partial charge on any atom is 0.130 e. The maximum absolute atomic E-state index is 13.7. The van der Waals surface area contributed by atoms with Crippen molar-refractivity contribution in [2.24, 2.45) is 11.7 Å². The molecule has 0 spiro atoms. The molecule has 112 valence electrons. The van der Waals surface area contributed by atoms with Gasteiger partial charge in [-0.25, -0.2) is 8.78 Å². The van der Waals surface area contributed by atoms with Gasteiger partial charge in [-0.05, 0) is 39.0 Å². The molecule has 5 heteroatoms. The van der Waals surface area contributed by atoms with Crippen LogP contribution in [0.15, 0.2) is 18.2 Å². The molecule has 20 heavy (non-hydrogen) atoms. The van der Waals surface area contributed by atoms with Crippen LogP contribution in [-0.4, -0.2) is 50.1 Å². The highest BCUT2D eigenvalue weighted by molar-refractivity contribution is 5.22. The summed E-state index contributed by atoms with van der Waals surface area (Å²) in [6, 6.07) is 3.15. The standard InChI is InChI=1S/C15H23F2N3/c1-19-6-5-11(8-19)9-20(2)10-15(18)13-4-3-12(16)7-14(13)17/h3-4,7,11,15H,5-6,8-10,18H2,1-2H3. The Hall–Kier alpha value is -1.04. The lowest BCUT2D eigenvalue weighted by Crippen LogP contribution is -2.34. The molecule has 2 rings (SSSR count). The summed E-state index contributed by atoms with van der Waals surface area (Å²) in [5, 5.41) is 0. The number of likely N-dealkylation sites (tertiary alicyclic amines) is 1. The number of hydrogen-bond acceptors (Lipinski definition) is 3. The molecule has 3 nitrogen and oxygen atoms in total. The van der Waals surface area contributed by atoms with Crippen molar-refractivity contribution < 1.29 is 8.78 Å². The molecule has 0 aromatic heterocycles. The smallest absolute Gasteiger partial charge is 0.130 e. The third-order valence-electron chi connectivity index (χ3n) is 3.93. The molecule has 1 heterocycles. The van der Waals surface area contributed by atoms with Crippen LogP contribution in [0.25, 0.3) is 0 Å². The van der Waals surface area contributed by atoms with E-state index in [1.807, 2.05) is 7.05 Å². The Morgan fingerprint density at radius 1 is 1.45 bits per heavy atom. The molecule has 0 amide bonds. The van der Waals surface area contributed by atoms with Gasteiger partial charge in [0.2, 0.25) is 0 Å². The van der Waals surface area contributed by atoms with Crippen molar-refractivity contribution >= 4 is 0 Å². The van der Waals surface area contributed by atoms with Gasteiger partial charge >= 0.3 is 0 Å². The van der Waals surface area contributed by atoms with Crippen LogP contribution in [0, 0.1) is 17.6 Å². The Labute approximate surface area is 119 Å². The Kier molecular flexibility index (Phi) is 5.07. The lowest BCUT2D eigenvalue weighted by molar-refractivity contribution is 0.259. The number of likely N-dealkylation sites (N-methyl/N-ethyl adjacent to an activating group) is 1. The molecule has 1 aliphatic heterocycles. The van der Waals surface area contributed by atoms with Crippen LogP contribution >= 0.6 is 0 Å². The van der Waals surface area contributed by atoms with Crippen LogP contribution in [0.3, 0.4) is 0 Å². The molecule has 0 bridgehead atoms. The number of hydrogen-bond donors (Lipinski definition) is 1. The summed E-state index contributed by atoms with van der Waals surface area (Å²) < 4.78 is 26.5. The first-order chi connectivity index (χ1) is 9.45. The molecule has 0 radical (unpaired) electrons. The minimum Gasteiger partial charge on any atom is -0.323 e. The van der Waals surface area contributed by atoms with E-state index in [4.69, 9.17) is 5.73 Å². The molecular formula is C15H23F2N3. The lowest BCUT2D eigenvalue weighted by atomic mass is 10.0. The fourth-order valence-corrected chi connectivity index (χ4v) is 2.93. The summed E-state index contributed by atoms with van der Waals surface area (Å²) >= 11 is 0. The second kappa shape index (κ2) is 6.61. The van der Waals surface area contributed by atoms with Crippen molar-refractivity contribution in [3.63, 3.8) is 0 Å². The number of nitrogens with two attached hydrogens (primary N) is 1. The highest BCUT2D eigenvalue weighted by atomic mass is 19.1. The van der Waals surface area contributed by atoms with Gasteiger partial charge in [-0.2, -0.15) is 0 Å². The van der Waals surface area contributed by atoms with Crippen molar-refractivity contribution in [3.05, 3.63) is 35.4 Å². The molecule has 2 unspecified atom stereocenters. The van der Waals surface area contributed by atoms with Crippen LogP contribution in [0.4, 0.5) is 8.78 Å². The SMILES string of the molecule is CN1CCC(CN(C)CC(N)c2ccc(F)cc2F)C1. The third-order valence-corrected chi connectivity index (χ3v) is 3.93. The summed E-state index contributed by atoms with van der Waals surface area (Å²) in [7, 11) is 4.12. The van der Waals surface area contributed by atoms with Gasteiger partial charge < -0.3 is 15.5 Å². The predicted molar refractivity (Wildman–Crippen MR) is 76.4 cm³/mol. The lowest BCUT2D eigenvalue weighted by Gasteiger charge is -2.24. The molecular weight excluding hydrogens is 260 g/mol. The molecule has 0 saturated carbocycles. The fourth-order valence-electron chi connectivity index (χ4n) is 2.93. The Bertz CT molecular complexity index is 453. The van der Waals surface area contributed by atoms with Crippen LogP contribution in [0.2, 0.25) is 0 Å². The van der Waals surface area contributed by atoms with Crippen LogP contribution in [-0.2, 0) is 0 Å². The molecule has 2 N–H and O–H groups in total. The Balaban J connectivity index is 1.88. The topological polar surface area (TPSA) is 32.5 Å². The van der Waals surface area contributed by atoms with Crippen molar-refractivity contribution in [1.29, 1.82) is 0 Å². The van der Waals surface area contributed by atoms with Gasteiger partial charge in [0.1, 0.15) is 11.6 Å². The second-order valence-corrected chi connectivity index (χ2v) is 5.91. The zero-order valence-electron chi connectivity index (χ0n) is 12.1. The zero-order chi connectivity index (χ0) is 14.7. The fraction of sp³-hybridized carbons (Fsp3) is 0.600. The van der Waals surface area contributed by atoms with E-state index >= 15 is 0 Å². The first-order valence-corrected chi connectivity index (χ1v) is 7.03. The summed E-state index contributed by atoms with van der Waals surface area (Å²) in [6.07, 6.45) is 1.20. The van der Waals surface area contributed by atoms with Gasteiger partial charge in [0.25, 0.3) is 0 Å². The van der Waals surface area contributed by atoms with Crippen molar-refractivity contribution in [2.45, 2.75) is 12.5 Å². The van der Waals surface area contributed by atoms with Gasteiger partial charge in [-0.3, -0.25) is 0 Å². The van der Waals surface area contributed by atoms with Gasteiger partial charge in [-0.15, -0.1) is 0 Å². The van der Waals surface area contributed by atoms with E-state index in [1.54, 1.807) is 0 Å². The van der Waals surface area contributed by atoms with Gasteiger partial charge in [0.15, 0.2) is 0 Å². The molecule has 1 aliphatic rings. The number of nitrogens with zero attached hydrogens (tertiary/aromatic N) is 2. The highest BCUT2D eigenvalue weighted by Crippen LogP contribution is 2.19. The molecule has 1 fully saturated rings. The monoisotopic (exact) mass is 283 g/mol. The summed E-state index contributed by atoms with van der Waals surface area (Å²) in [6.45, 7) is 3.77. The minimum absolute atomic E-state index is 0.377. The highest BCUT2D eigenvalue weighted by Gasteiger charge is 2.22. The van der Waals surface area contributed by atoms with E-state index in [0.29, 0.717) is 18.0 Å². The molecule has 0 aliphatic carbocycles. The summed E-state index contributed by atoms with van der Waals surface area (Å²) in [5.74, 6) is -0.484. The normalized spacial score (nSPS) is 21.6. The number of benzene rings is 1. The van der Waals surface area contributed by atoms with Gasteiger partial charge in [-0.1, -0.05) is 6.07 Å². The largest absolute Gasteiger partial charge is 0.323 e. The maximum atomic E-state index is 13.7. The van der Waals surface area contributed by atoms with Gasteiger partial charge in [0, 0.05) is 37.3 Å². The number of rotatable bonds is 5. The number of halogens is 2. The quantitative estimate of drug-likeness (QED) is 0.895. The first kappa shape index (κ1) is 15.4. The van der Waals surface area contributed by atoms with Gasteiger partial charge in [0.05, 0.1) is 0 Å². The van der Waals surface area contributed by atoms with Crippen LogP contribution < -0.4 is 5.73 Å². The minimum atomic E-state index is -0.569. The average molecular weight is 283 g/mol. The third kappa shape index (κ3) is 3.98. The van der Waals surface area contributed by atoms with E-state index in [1.165, 1.54) is 18.6 Å². The molecule has 1 aromatic rings. The molecule has 2 atom stereocenters. The second-order valence-electron chi connectivity index (χ2n) is 5.91. The van der Waals surface area contributed by atoms with E-state index in [-0.39, 0.29) is 0 Å². The summed E-state index contributed by atoms with van der Waals surface area (Å²) in [5.41, 5.74) is 6.41. The predicted octanol–water partition coefficient (Wildman–Crippen LogP) is 1.85. The average Bonchev–Trinajstić information content (AvgIpc) is 2.74. The Morgan fingerprint density at radius 3 is 2.80 bits per heavy atom. The van der Waals surface area contributed by atoms with E-state index in [2.05, 4.69) is 16.8 Å². The van der Waals surface area contributed by atoms with E-state index in [0.717, 1.165) is 25.7 Å². The molecule has 1 saturated heterocycles. The van der Waals surface area contributed by atoms with E-state index < -0.39 is 17.7 Å². The van der Waals surface area contributed by atoms with Crippen molar-refractivity contribution in [2.75, 3.05) is 40.3 Å². The van der Waals surface area contributed by atoms with Crippen molar-refractivity contribution in [1.82, 2.24) is 9.80 Å². The van der Waals surface area contributed by atoms with Crippen molar-refractivity contribution in [3.8, 4) is 0 Å². The zero-order valence-corrected chi connectivity index (χ0v) is 12.1. The summed E-state index contributed by atoms with van der Waals surface area (Å²) in [4.78, 5) is 4.45. The molecule has 1 aromatic carbocycles. The first-order valence-electron chi connectivity index (χ1n) is 7.03. The van der Waals surface area contributed by atoms with Crippen LogP contribution in [0.1, 0.15) is 18.0 Å².